The van der Waals surface area contributed by atoms with Gasteiger partial charge in [0.05, 0.1) is 0 Å². The number of amides is 1. The topological polar surface area (TPSA) is 102 Å². The second kappa shape index (κ2) is 5.51. The third-order valence-corrected chi connectivity index (χ3v) is 4.26. The van der Waals surface area contributed by atoms with Crippen LogP contribution in [0.15, 0.2) is 9.64 Å². The van der Waals surface area contributed by atoms with Gasteiger partial charge in [0.2, 0.25) is 21.6 Å². The first-order valence-corrected chi connectivity index (χ1v) is 8.56. The Morgan fingerprint density at radius 2 is 2.10 bits per heavy atom. The Balaban J connectivity index is 2.21. The van der Waals surface area contributed by atoms with E-state index in [9.17, 15) is 13.2 Å². The first-order valence-electron chi connectivity index (χ1n) is 6.66. The van der Waals surface area contributed by atoms with Gasteiger partial charge in [0.15, 0.2) is 0 Å². The van der Waals surface area contributed by atoms with Crippen LogP contribution in [-0.2, 0) is 14.6 Å². The fourth-order valence-corrected chi connectivity index (χ4v) is 2.22. The van der Waals surface area contributed by atoms with Crippen LogP contribution in [0.5, 0.6) is 0 Å². The second-order valence-corrected chi connectivity index (χ2v) is 7.22. The van der Waals surface area contributed by atoms with Crippen LogP contribution in [0.2, 0.25) is 0 Å². The number of nitrogens with zero attached hydrogens (tertiary/aromatic N) is 2. The van der Waals surface area contributed by atoms with Gasteiger partial charge in [0, 0.05) is 12.2 Å². The summed E-state index contributed by atoms with van der Waals surface area (Å²) in [5.74, 6) is 0.257. The van der Waals surface area contributed by atoms with Crippen LogP contribution in [0.1, 0.15) is 45.0 Å². The minimum absolute atomic E-state index is 0.0330. The van der Waals surface area contributed by atoms with E-state index in [1.807, 2.05) is 13.8 Å². The third kappa shape index (κ3) is 3.36. The molecule has 112 valence electrons. The molecule has 0 radical (unpaired) electrons. The van der Waals surface area contributed by atoms with Crippen molar-refractivity contribution in [1.82, 2.24) is 15.5 Å². The van der Waals surface area contributed by atoms with Crippen LogP contribution in [0.4, 0.5) is 0 Å². The predicted octanol–water partition coefficient (Wildman–Crippen LogP) is 1.09. The van der Waals surface area contributed by atoms with Gasteiger partial charge in [0.25, 0.3) is 0 Å². The second-order valence-electron chi connectivity index (χ2n) is 5.32. The number of nitrogens with one attached hydrogen (secondary N) is 1. The molecule has 0 unspecified atom stereocenters. The van der Waals surface area contributed by atoms with E-state index in [-0.39, 0.29) is 23.6 Å². The average Bonchev–Trinajstić information content (AvgIpc) is 3.11. The van der Waals surface area contributed by atoms with Gasteiger partial charge in [-0.2, -0.15) is 0 Å². The van der Waals surface area contributed by atoms with Crippen molar-refractivity contribution >= 4 is 15.7 Å². The van der Waals surface area contributed by atoms with Crippen molar-refractivity contribution in [1.29, 1.82) is 0 Å². The summed E-state index contributed by atoms with van der Waals surface area (Å²) >= 11 is 0. The molecule has 0 aliphatic heterocycles. The maximum atomic E-state index is 11.9. The lowest BCUT2D eigenvalue weighted by molar-refractivity contribution is -0.123. The molecule has 0 saturated heterocycles. The van der Waals surface area contributed by atoms with Crippen molar-refractivity contribution in [2.45, 2.75) is 44.4 Å². The summed E-state index contributed by atoms with van der Waals surface area (Å²) in [7, 11) is -3.53. The molecule has 2 rings (SSSR count). The zero-order chi connectivity index (χ0) is 14.9. The summed E-state index contributed by atoms with van der Waals surface area (Å²) in [6.07, 6.45) is 3.60. The Morgan fingerprint density at radius 1 is 1.45 bits per heavy atom. The molecule has 1 aliphatic rings. The molecule has 8 heteroatoms. The zero-order valence-electron chi connectivity index (χ0n) is 11.8. The Morgan fingerprint density at radius 3 is 2.55 bits per heavy atom. The molecule has 1 N–H and O–H groups in total. The van der Waals surface area contributed by atoms with Gasteiger partial charge in [0.1, 0.15) is 6.04 Å². The molecular formula is C12H19N3O4S. The van der Waals surface area contributed by atoms with Gasteiger partial charge in [-0.25, -0.2) is 8.42 Å². The molecule has 20 heavy (non-hydrogen) atoms. The summed E-state index contributed by atoms with van der Waals surface area (Å²) in [5.41, 5.74) is 0. The minimum Gasteiger partial charge on any atom is -0.410 e. The van der Waals surface area contributed by atoms with Crippen molar-refractivity contribution in [3.05, 3.63) is 5.89 Å². The zero-order valence-corrected chi connectivity index (χ0v) is 12.6. The number of sulfone groups is 1. The largest absolute Gasteiger partial charge is 0.410 e. The summed E-state index contributed by atoms with van der Waals surface area (Å²) in [6, 6.07) is -0.448. The van der Waals surface area contributed by atoms with Crippen molar-refractivity contribution in [2.24, 2.45) is 11.8 Å². The lowest BCUT2D eigenvalue weighted by atomic mass is 9.99. The molecule has 1 aliphatic carbocycles. The van der Waals surface area contributed by atoms with Crippen LogP contribution in [-0.4, -0.2) is 30.8 Å². The molecule has 1 fully saturated rings. The van der Waals surface area contributed by atoms with E-state index < -0.39 is 21.1 Å². The summed E-state index contributed by atoms with van der Waals surface area (Å²) in [6.45, 7) is 3.93. The molecule has 0 spiro atoms. The molecule has 7 nitrogen and oxygen atoms in total. The molecule has 1 saturated carbocycles. The van der Waals surface area contributed by atoms with Crippen LogP contribution in [0.25, 0.3) is 0 Å². The molecule has 1 amide bonds. The van der Waals surface area contributed by atoms with Gasteiger partial charge in [-0.1, -0.05) is 25.4 Å². The van der Waals surface area contributed by atoms with E-state index in [1.165, 1.54) is 0 Å². The molecule has 0 aromatic carbocycles. The Labute approximate surface area is 118 Å². The third-order valence-electron chi connectivity index (χ3n) is 3.46. The number of aromatic nitrogens is 2. The Hall–Kier alpha value is -1.44. The highest BCUT2D eigenvalue weighted by molar-refractivity contribution is 7.90. The highest BCUT2D eigenvalue weighted by atomic mass is 32.2. The van der Waals surface area contributed by atoms with Crippen molar-refractivity contribution < 1.29 is 17.6 Å². The van der Waals surface area contributed by atoms with E-state index in [0.717, 1.165) is 25.5 Å². The fraction of sp³-hybridized carbons (Fsp3) is 0.750. The Kier molecular flexibility index (Phi) is 4.12. The summed E-state index contributed by atoms with van der Waals surface area (Å²) < 4.78 is 27.9. The number of hydrogen-bond donors (Lipinski definition) is 1. The van der Waals surface area contributed by atoms with Crippen LogP contribution in [0, 0.1) is 11.8 Å². The Bertz CT molecular complexity index is 592. The van der Waals surface area contributed by atoms with Gasteiger partial charge in [-0.3, -0.25) is 4.79 Å². The quantitative estimate of drug-likeness (QED) is 0.843. The van der Waals surface area contributed by atoms with E-state index in [1.54, 1.807) is 0 Å². The number of carbonyl (C=O) groups is 1. The lowest BCUT2D eigenvalue weighted by Crippen LogP contribution is -2.33. The van der Waals surface area contributed by atoms with Crippen molar-refractivity contribution in [3.8, 4) is 0 Å². The van der Waals surface area contributed by atoms with Crippen LogP contribution in [0.3, 0.4) is 0 Å². The maximum Gasteiger partial charge on any atom is 0.335 e. The minimum atomic E-state index is -3.53. The monoisotopic (exact) mass is 301 g/mol. The maximum absolute atomic E-state index is 11.9. The number of carbonyl (C=O) groups excluding carboxylic acids is 1. The lowest BCUT2D eigenvalue weighted by Gasteiger charge is -2.20. The van der Waals surface area contributed by atoms with Crippen molar-refractivity contribution in [2.75, 3.05) is 6.26 Å². The summed E-state index contributed by atoms with van der Waals surface area (Å²) in [5, 5.41) is 9.78. The smallest absolute Gasteiger partial charge is 0.335 e. The van der Waals surface area contributed by atoms with Crippen molar-refractivity contribution in [3.63, 3.8) is 0 Å². The average molecular weight is 301 g/mol. The van der Waals surface area contributed by atoms with E-state index >= 15 is 0 Å². The first-order chi connectivity index (χ1) is 9.32. The molecule has 1 aromatic heterocycles. The predicted molar refractivity (Wildman–Crippen MR) is 70.5 cm³/mol. The highest BCUT2D eigenvalue weighted by Gasteiger charge is 2.34. The van der Waals surface area contributed by atoms with E-state index in [2.05, 4.69) is 15.5 Å². The molecular weight excluding hydrogens is 282 g/mol. The number of hydrogen-bond acceptors (Lipinski definition) is 6. The SMILES string of the molecule is CC[C@@H](C)[C@H](NC(=O)C1CC1)c1nnc(S(C)(=O)=O)o1. The molecule has 1 heterocycles. The van der Waals surface area contributed by atoms with Gasteiger partial charge >= 0.3 is 5.22 Å². The van der Waals surface area contributed by atoms with Gasteiger partial charge in [-0.15, -0.1) is 5.10 Å². The normalized spacial score (nSPS) is 18.6. The molecule has 0 bridgehead atoms. The van der Waals surface area contributed by atoms with Gasteiger partial charge < -0.3 is 9.73 Å². The van der Waals surface area contributed by atoms with E-state index in [0.29, 0.717) is 0 Å². The fourth-order valence-electron chi connectivity index (χ4n) is 1.80. The van der Waals surface area contributed by atoms with Crippen LogP contribution >= 0.6 is 0 Å². The molecule has 1 aromatic rings. The standard InChI is InChI=1S/C12H19N3O4S/c1-4-7(2)9(13-10(16)8-5-6-8)11-14-15-12(19-11)20(3,17)18/h7-9H,4-6H2,1-3H3,(H,13,16)/t7-,9+/m1/s1. The van der Waals surface area contributed by atoms with Gasteiger partial charge in [-0.05, 0) is 18.8 Å². The summed E-state index contributed by atoms with van der Waals surface area (Å²) in [4.78, 5) is 11.9. The first kappa shape index (κ1) is 15.0. The number of rotatable bonds is 6. The van der Waals surface area contributed by atoms with Crippen LogP contribution < -0.4 is 5.32 Å². The highest BCUT2D eigenvalue weighted by Crippen LogP contribution is 2.31. The molecule has 2 atom stereocenters. The van der Waals surface area contributed by atoms with E-state index in [4.69, 9.17) is 4.42 Å².